The van der Waals surface area contributed by atoms with Crippen LogP contribution in [0.4, 0.5) is 5.69 Å². The molecule has 0 amide bonds. The zero-order valence-corrected chi connectivity index (χ0v) is 11.7. The van der Waals surface area contributed by atoms with E-state index in [1.807, 2.05) is 18.2 Å². The lowest BCUT2D eigenvalue weighted by atomic mass is 10.1. The Bertz CT molecular complexity index is 664. The molecule has 5 heteroatoms. The standard InChI is InChI=1S/C16H18N2O3/c17-14-5-3-4-13(12-14)7-8-16(20)21-11-10-18-9-2-1-6-15(18)19/h1-6,9,12H,7-8,10-11,17H2. The fraction of sp³-hybridized carbons (Fsp3) is 0.250. The highest BCUT2D eigenvalue weighted by atomic mass is 16.5. The fourth-order valence-corrected chi connectivity index (χ4v) is 1.97. The summed E-state index contributed by atoms with van der Waals surface area (Å²) in [5, 5.41) is 0. The lowest BCUT2D eigenvalue weighted by Crippen LogP contribution is -2.21. The maximum Gasteiger partial charge on any atom is 0.306 e. The van der Waals surface area contributed by atoms with Gasteiger partial charge in [0.15, 0.2) is 0 Å². The summed E-state index contributed by atoms with van der Waals surface area (Å²) in [5.74, 6) is -0.276. The van der Waals surface area contributed by atoms with Crippen molar-refractivity contribution in [1.82, 2.24) is 4.57 Å². The van der Waals surface area contributed by atoms with Crippen molar-refractivity contribution in [1.29, 1.82) is 0 Å². The molecule has 0 saturated carbocycles. The van der Waals surface area contributed by atoms with Crippen LogP contribution in [0.15, 0.2) is 53.5 Å². The number of carbonyl (C=O) groups is 1. The number of nitrogen functional groups attached to an aromatic ring is 1. The van der Waals surface area contributed by atoms with Crippen LogP contribution >= 0.6 is 0 Å². The summed E-state index contributed by atoms with van der Waals surface area (Å²) in [6.45, 7) is 0.559. The predicted molar refractivity (Wildman–Crippen MR) is 80.8 cm³/mol. The number of nitrogens with two attached hydrogens (primary N) is 1. The molecule has 0 aliphatic rings. The molecule has 0 radical (unpaired) electrons. The smallest absolute Gasteiger partial charge is 0.306 e. The van der Waals surface area contributed by atoms with E-state index >= 15 is 0 Å². The molecule has 0 atom stereocenters. The number of esters is 1. The van der Waals surface area contributed by atoms with E-state index in [1.54, 1.807) is 24.4 Å². The normalized spacial score (nSPS) is 10.3. The number of aryl methyl sites for hydroxylation is 1. The van der Waals surface area contributed by atoms with Gasteiger partial charge in [0, 0.05) is 24.4 Å². The number of ether oxygens (including phenoxy) is 1. The number of hydrogen-bond acceptors (Lipinski definition) is 4. The van der Waals surface area contributed by atoms with Crippen molar-refractivity contribution in [2.45, 2.75) is 19.4 Å². The summed E-state index contributed by atoms with van der Waals surface area (Å²) >= 11 is 0. The predicted octanol–water partition coefficient (Wildman–Crippen LogP) is 1.61. The Balaban J connectivity index is 1.73. The zero-order valence-electron chi connectivity index (χ0n) is 11.7. The molecule has 21 heavy (non-hydrogen) atoms. The van der Waals surface area contributed by atoms with E-state index in [0.29, 0.717) is 25.1 Å². The molecule has 2 rings (SSSR count). The lowest BCUT2D eigenvalue weighted by molar-refractivity contribution is -0.143. The average Bonchev–Trinajstić information content (AvgIpc) is 2.47. The van der Waals surface area contributed by atoms with Crippen molar-refractivity contribution in [3.8, 4) is 0 Å². The second-order valence-electron chi connectivity index (χ2n) is 4.70. The first-order valence-electron chi connectivity index (χ1n) is 6.80. The van der Waals surface area contributed by atoms with E-state index in [0.717, 1.165) is 5.56 Å². The van der Waals surface area contributed by atoms with Gasteiger partial charge in [0.2, 0.25) is 0 Å². The third-order valence-corrected chi connectivity index (χ3v) is 3.06. The number of carbonyl (C=O) groups excluding carboxylic acids is 1. The maximum absolute atomic E-state index is 11.6. The van der Waals surface area contributed by atoms with Crippen LogP contribution in [0.3, 0.4) is 0 Å². The van der Waals surface area contributed by atoms with Gasteiger partial charge >= 0.3 is 5.97 Å². The van der Waals surface area contributed by atoms with Crippen molar-refractivity contribution in [2.75, 3.05) is 12.3 Å². The molecule has 1 aromatic heterocycles. The minimum absolute atomic E-state index is 0.103. The first-order valence-corrected chi connectivity index (χ1v) is 6.80. The Hall–Kier alpha value is -2.56. The second-order valence-corrected chi connectivity index (χ2v) is 4.70. The van der Waals surface area contributed by atoms with Crippen molar-refractivity contribution < 1.29 is 9.53 Å². The second kappa shape index (κ2) is 7.28. The van der Waals surface area contributed by atoms with Gasteiger partial charge in [-0.1, -0.05) is 18.2 Å². The van der Waals surface area contributed by atoms with Crippen molar-refractivity contribution >= 4 is 11.7 Å². The van der Waals surface area contributed by atoms with Gasteiger partial charge in [-0.2, -0.15) is 0 Å². The monoisotopic (exact) mass is 286 g/mol. The summed E-state index contributed by atoms with van der Waals surface area (Å²) in [4.78, 5) is 23.1. The van der Waals surface area contributed by atoms with Crippen molar-refractivity contribution in [3.05, 3.63) is 64.6 Å². The highest BCUT2D eigenvalue weighted by molar-refractivity contribution is 5.69. The van der Waals surface area contributed by atoms with Gasteiger partial charge in [-0.05, 0) is 30.2 Å². The van der Waals surface area contributed by atoms with Gasteiger partial charge in [0.1, 0.15) is 6.61 Å². The molecular formula is C16H18N2O3. The molecule has 0 bridgehead atoms. The van der Waals surface area contributed by atoms with Crippen LogP contribution in [0, 0.1) is 0 Å². The third-order valence-electron chi connectivity index (χ3n) is 3.06. The summed E-state index contributed by atoms with van der Waals surface area (Å²) in [6, 6.07) is 12.3. The maximum atomic E-state index is 11.6. The first-order chi connectivity index (χ1) is 10.1. The Kier molecular flexibility index (Phi) is 5.15. The molecule has 1 heterocycles. The molecule has 0 aliphatic heterocycles. The molecular weight excluding hydrogens is 268 g/mol. The quantitative estimate of drug-likeness (QED) is 0.646. The number of anilines is 1. The average molecular weight is 286 g/mol. The van der Waals surface area contributed by atoms with Gasteiger partial charge in [-0.3, -0.25) is 9.59 Å². The SMILES string of the molecule is Nc1cccc(CCC(=O)OCCn2ccccc2=O)c1. The van der Waals surface area contributed by atoms with Crippen molar-refractivity contribution in [2.24, 2.45) is 0 Å². The Morgan fingerprint density at radius 2 is 2.05 bits per heavy atom. The molecule has 0 saturated heterocycles. The van der Waals surface area contributed by atoms with Crippen LogP contribution in [-0.4, -0.2) is 17.1 Å². The molecule has 5 nitrogen and oxygen atoms in total. The summed E-state index contributed by atoms with van der Waals surface area (Å²) in [6.07, 6.45) is 2.56. The van der Waals surface area contributed by atoms with E-state index in [9.17, 15) is 9.59 Å². The molecule has 2 aromatic rings. The van der Waals surface area contributed by atoms with E-state index in [4.69, 9.17) is 10.5 Å². The molecule has 0 unspecified atom stereocenters. The summed E-state index contributed by atoms with van der Waals surface area (Å²) in [7, 11) is 0. The van der Waals surface area contributed by atoms with E-state index in [-0.39, 0.29) is 18.1 Å². The molecule has 0 aliphatic carbocycles. The van der Waals surface area contributed by atoms with Crippen LogP contribution in [0.25, 0.3) is 0 Å². The van der Waals surface area contributed by atoms with Gasteiger partial charge < -0.3 is 15.0 Å². The number of hydrogen-bond donors (Lipinski definition) is 1. The van der Waals surface area contributed by atoms with Crippen LogP contribution in [0.5, 0.6) is 0 Å². The number of aromatic nitrogens is 1. The highest BCUT2D eigenvalue weighted by Gasteiger charge is 2.04. The Labute approximate surface area is 123 Å². The summed E-state index contributed by atoms with van der Waals surface area (Å²) in [5.41, 5.74) is 7.26. The highest BCUT2D eigenvalue weighted by Crippen LogP contribution is 2.09. The van der Waals surface area contributed by atoms with Crippen LogP contribution < -0.4 is 11.3 Å². The first kappa shape index (κ1) is 14.8. The summed E-state index contributed by atoms with van der Waals surface area (Å²) < 4.78 is 6.63. The van der Waals surface area contributed by atoms with Crippen LogP contribution in [0.1, 0.15) is 12.0 Å². The topological polar surface area (TPSA) is 74.3 Å². The van der Waals surface area contributed by atoms with E-state index in [1.165, 1.54) is 10.6 Å². The third kappa shape index (κ3) is 4.80. The molecule has 1 aromatic carbocycles. The fourth-order valence-electron chi connectivity index (χ4n) is 1.97. The molecule has 0 spiro atoms. The number of benzene rings is 1. The van der Waals surface area contributed by atoms with Gasteiger partial charge in [0.05, 0.1) is 6.54 Å². The molecule has 110 valence electrons. The van der Waals surface area contributed by atoms with Crippen LogP contribution in [-0.2, 0) is 22.5 Å². The van der Waals surface area contributed by atoms with Gasteiger partial charge in [-0.25, -0.2) is 0 Å². The number of nitrogens with zero attached hydrogens (tertiary/aromatic N) is 1. The molecule has 0 fully saturated rings. The number of rotatable bonds is 6. The van der Waals surface area contributed by atoms with Crippen molar-refractivity contribution in [3.63, 3.8) is 0 Å². The van der Waals surface area contributed by atoms with E-state index < -0.39 is 0 Å². The minimum Gasteiger partial charge on any atom is -0.464 e. The number of pyridine rings is 1. The lowest BCUT2D eigenvalue weighted by Gasteiger charge is -2.07. The van der Waals surface area contributed by atoms with Crippen LogP contribution in [0.2, 0.25) is 0 Å². The van der Waals surface area contributed by atoms with Gasteiger partial charge in [0.25, 0.3) is 5.56 Å². The minimum atomic E-state index is -0.276. The zero-order chi connectivity index (χ0) is 15.1. The Morgan fingerprint density at radius 1 is 1.19 bits per heavy atom. The van der Waals surface area contributed by atoms with E-state index in [2.05, 4.69) is 0 Å². The largest absolute Gasteiger partial charge is 0.464 e. The Morgan fingerprint density at radius 3 is 2.81 bits per heavy atom. The van der Waals surface area contributed by atoms with Gasteiger partial charge in [-0.15, -0.1) is 0 Å². The molecule has 2 N–H and O–H groups in total.